The first-order valence-electron chi connectivity index (χ1n) is 11.6. The number of fused-ring (bicyclic) bond motifs is 2. The smallest absolute Gasteiger partial charge is 0.475 e. The second-order valence-corrected chi connectivity index (χ2v) is 10.0. The molecule has 1 fully saturated rings. The Bertz CT molecular complexity index is 1160. The molecule has 1 aliphatic heterocycles. The van der Waals surface area contributed by atoms with Crippen LogP contribution >= 0.6 is 0 Å². The lowest BCUT2D eigenvalue weighted by Crippen LogP contribution is -2.42. The van der Waals surface area contributed by atoms with Crippen molar-refractivity contribution in [2.75, 3.05) is 6.54 Å². The summed E-state index contributed by atoms with van der Waals surface area (Å²) in [5, 5.41) is 7.12. The van der Waals surface area contributed by atoms with Crippen LogP contribution in [0.4, 0.5) is 13.2 Å². The maximum atomic E-state index is 10.6. The van der Waals surface area contributed by atoms with Crippen molar-refractivity contribution in [3.63, 3.8) is 0 Å². The molecule has 0 radical (unpaired) electrons. The molecule has 0 amide bonds. The fourth-order valence-electron chi connectivity index (χ4n) is 4.93. The van der Waals surface area contributed by atoms with Gasteiger partial charge in [-0.05, 0) is 71.9 Å². The van der Waals surface area contributed by atoms with Gasteiger partial charge in [0.05, 0.1) is 17.4 Å². The number of halogens is 3. The lowest BCUT2D eigenvalue weighted by atomic mass is 9.75. The van der Waals surface area contributed by atoms with Crippen molar-refractivity contribution in [3.8, 4) is 11.1 Å². The van der Waals surface area contributed by atoms with Crippen LogP contribution in [0.3, 0.4) is 0 Å². The first-order chi connectivity index (χ1) is 16.0. The maximum Gasteiger partial charge on any atom is 0.490 e. The van der Waals surface area contributed by atoms with E-state index in [1.54, 1.807) is 6.33 Å². The molecule has 34 heavy (non-hydrogen) atoms. The van der Waals surface area contributed by atoms with Gasteiger partial charge in [-0.3, -0.25) is 4.90 Å². The highest BCUT2D eigenvalue weighted by molar-refractivity contribution is 5.81. The van der Waals surface area contributed by atoms with E-state index in [1.807, 2.05) is 0 Å². The van der Waals surface area contributed by atoms with Crippen LogP contribution in [-0.4, -0.2) is 44.7 Å². The summed E-state index contributed by atoms with van der Waals surface area (Å²) >= 11 is 0. The standard InChI is InChI=1S/C24H29N3.C2HF3O2/c1-24(2)10-7-21(8-11-24)27-12-9-19-13-17(3-4-20(19)15-27)18-5-6-22-23(14-18)26-16-25-22;3-2(4,5)1(6)7/h3-6,13-14,16,21H,7-12,15H2,1-2H3,(H,25,26);(H,6,7). The third-order valence-electron chi connectivity index (χ3n) is 7.07. The fraction of sp³-hybridized carbons (Fsp3) is 0.462. The van der Waals surface area contributed by atoms with E-state index < -0.39 is 12.1 Å². The third kappa shape index (κ3) is 5.60. The number of H-pyrrole nitrogens is 1. The van der Waals surface area contributed by atoms with Crippen molar-refractivity contribution in [1.29, 1.82) is 0 Å². The average molecular weight is 474 g/mol. The molecule has 5 rings (SSSR count). The van der Waals surface area contributed by atoms with Gasteiger partial charge < -0.3 is 10.1 Å². The molecule has 0 spiro atoms. The van der Waals surface area contributed by atoms with E-state index in [2.05, 4.69) is 65.1 Å². The Hall–Kier alpha value is -2.87. The summed E-state index contributed by atoms with van der Waals surface area (Å²) in [6.07, 6.45) is 3.33. The molecular weight excluding hydrogens is 443 g/mol. The van der Waals surface area contributed by atoms with Crippen LogP contribution in [0.1, 0.15) is 50.7 Å². The monoisotopic (exact) mass is 473 g/mol. The second kappa shape index (κ2) is 9.41. The number of hydrogen-bond donors (Lipinski definition) is 2. The number of rotatable bonds is 2. The SMILES string of the molecule is CC1(C)CCC(N2CCc3cc(-c4ccc5[nH]cnc5c4)ccc3C2)CC1.O=C(O)C(F)(F)F. The predicted octanol–water partition coefficient (Wildman–Crippen LogP) is 6.19. The Labute approximate surface area is 197 Å². The van der Waals surface area contributed by atoms with Gasteiger partial charge in [0.1, 0.15) is 0 Å². The fourth-order valence-corrected chi connectivity index (χ4v) is 4.93. The van der Waals surface area contributed by atoms with Crippen molar-refractivity contribution in [2.24, 2.45) is 5.41 Å². The molecule has 2 N–H and O–H groups in total. The molecule has 8 heteroatoms. The van der Waals surface area contributed by atoms with Gasteiger partial charge in [-0.2, -0.15) is 13.2 Å². The minimum Gasteiger partial charge on any atom is -0.475 e. The van der Waals surface area contributed by atoms with Crippen LogP contribution in [0.25, 0.3) is 22.2 Å². The Morgan fingerprint density at radius 1 is 1.09 bits per heavy atom. The third-order valence-corrected chi connectivity index (χ3v) is 7.07. The number of imidazole rings is 1. The summed E-state index contributed by atoms with van der Waals surface area (Å²) in [6.45, 7) is 7.19. The Balaban J connectivity index is 0.000000344. The summed E-state index contributed by atoms with van der Waals surface area (Å²) in [5.74, 6) is -2.76. The van der Waals surface area contributed by atoms with E-state index in [4.69, 9.17) is 9.90 Å². The van der Waals surface area contributed by atoms with Gasteiger partial charge in [0, 0.05) is 19.1 Å². The highest BCUT2D eigenvalue weighted by Gasteiger charge is 2.38. The zero-order valence-electron chi connectivity index (χ0n) is 19.5. The highest BCUT2D eigenvalue weighted by atomic mass is 19.4. The first kappa shape index (κ1) is 24.3. The van der Waals surface area contributed by atoms with Crippen molar-refractivity contribution < 1.29 is 23.1 Å². The van der Waals surface area contributed by atoms with E-state index >= 15 is 0 Å². The van der Waals surface area contributed by atoms with E-state index in [9.17, 15) is 13.2 Å². The van der Waals surface area contributed by atoms with E-state index in [0.717, 1.165) is 23.6 Å². The molecule has 2 aromatic carbocycles. The molecule has 1 aliphatic carbocycles. The number of carbonyl (C=O) groups is 1. The second-order valence-electron chi connectivity index (χ2n) is 10.0. The number of hydrogen-bond acceptors (Lipinski definition) is 3. The molecule has 1 aromatic heterocycles. The molecule has 0 saturated heterocycles. The van der Waals surface area contributed by atoms with E-state index in [-0.39, 0.29) is 0 Å². The number of benzene rings is 2. The minimum absolute atomic E-state index is 0.550. The Morgan fingerprint density at radius 2 is 1.74 bits per heavy atom. The highest BCUT2D eigenvalue weighted by Crippen LogP contribution is 2.38. The van der Waals surface area contributed by atoms with Gasteiger partial charge in [-0.15, -0.1) is 0 Å². The summed E-state index contributed by atoms with van der Waals surface area (Å²) in [7, 11) is 0. The molecule has 182 valence electrons. The van der Waals surface area contributed by atoms with Gasteiger partial charge in [0.15, 0.2) is 0 Å². The van der Waals surface area contributed by atoms with Gasteiger partial charge in [0.2, 0.25) is 0 Å². The number of alkyl halides is 3. The summed E-state index contributed by atoms with van der Waals surface area (Å²) in [6, 6.07) is 14.4. The number of nitrogens with one attached hydrogen (secondary N) is 1. The lowest BCUT2D eigenvalue weighted by molar-refractivity contribution is -0.192. The van der Waals surface area contributed by atoms with Crippen molar-refractivity contribution >= 4 is 17.0 Å². The number of carboxylic acid groups (broad SMARTS) is 1. The topological polar surface area (TPSA) is 69.2 Å². The molecule has 5 nitrogen and oxygen atoms in total. The molecule has 0 unspecified atom stereocenters. The molecular formula is C26H30F3N3O2. The summed E-state index contributed by atoms with van der Waals surface area (Å²) in [5.41, 5.74) is 8.31. The van der Waals surface area contributed by atoms with Crippen LogP contribution in [-0.2, 0) is 17.8 Å². The zero-order chi connectivity index (χ0) is 24.5. The van der Waals surface area contributed by atoms with Gasteiger partial charge >= 0.3 is 12.1 Å². The Morgan fingerprint density at radius 3 is 2.41 bits per heavy atom. The van der Waals surface area contributed by atoms with E-state index in [1.165, 1.54) is 60.9 Å². The van der Waals surface area contributed by atoms with Crippen molar-refractivity contribution in [3.05, 3.63) is 53.9 Å². The van der Waals surface area contributed by atoms with Crippen LogP contribution in [0.5, 0.6) is 0 Å². The first-order valence-corrected chi connectivity index (χ1v) is 11.6. The predicted molar refractivity (Wildman–Crippen MR) is 125 cm³/mol. The average Bonchev–Trinajstić information content (AvgIpc) is 3.26. The summed E-state index contributed by atoms with van der Waals surface area (Å²) in [4.78, 5) is 19.2. The van der Waals surface area contributed by atoms with Crippen molar-refractivity contribution in [1.82, 2.24) is 14.9 Å². The van der Waals surface area contributed by atoms with Crippen LogP contribution in [0, 0.1) is 5.41 Å². The normalized spacial score (nSPS) is 18.7. The van der Waals surface area contributed by atoms with E-state index in [0.29, 0.717) is 5.41 Å². The maximum absolute atomic E-state index is 10.6. The lowest BCUT2D eigenvalue weighted by Gasteiger charge is -2.42. The van der Waals surface area contributed by atoms with Crippen LogP contribution in [0.15, 0.2) is 42.7 Å². The van der Waals surface area contributed by atoms with Crippen LogP contribution < -0.4 is 0 Å². The van der Waals surface area contributed by atoms with Gasteiger partial charge in [-0.1, -0.05) is 38.1 Å². The van der Waals surface area contributed by atoms with Crippen molar-refractivity contribution in [2.45, 2.75) is 64.7 Å². The Kier molecular flexibility index (Phi) is 6.71. The zero-order valence-corrected chi connectivity index (χ0v) is 19.5. The molecule has 0 bridgehead atoms. The molecule has 0 atom stereocenters. The van der Waals surface area contributed by atoms with Gasteiger partial charge in [-0.25, -0.2) is 9.78 Å². The number of aliphatic carboxylic acids is 1. The molecule has 2 aliphatic rings. The van der Waals surface area contributed by atoms with Gasteiger partial charge in [0.25, 0.3) is 0 Å². The number of aromatic amines is 1. The largest absolute Gasteiger partial charge is 0.490 e. The molecule has 2 heterocycles. The number of nitrogens with zero attached hydrogens (tertiary/aromatic N) is 2. The number of carboxylic acids is 1. The minimum atomic E-state index is -5.08. The quantitative estimate of drug-likeness (QED) is 0.466. The summed E-state index contributed by atoms with van der Waals surface area (Å²) < 4.78 is 31.7. The number of aromatic nitrogens is 2. The molecule has 3 aromatic rings. The molecule has 1 saturated carbocycles. The van der Waals surface area contributed by atoms with Crippen LogP contribution in [0.2, 0.25) is 0 Å².